The molecular formula is C14H12FN3O3. The number of urea groups is 1. The zero-order valence-corrected chi connectivity index (χ0v) is 11.2. The molecule has 108 valence electrons. The maximum Gasteiger partial charge on any atom is 0.334 e. The van der Waals surface area contributed by atoms with Gasteiger partial charge in [-0.25, -0.2) is 9.18 Å². The predicted molar refractivity (Wildman–Crippen MR) is 71.0 cm³/mol. The Labute approximate surface area is 120 Å². The van der Waals surface area contributed by atoms with Gasteiger partial charge in [0.25, 0.3) is 0 Å². The van der Waals surface area contributed by atoms with Crippen LogP contribution in [-0.4, -0.2) is 41.2 Å². The van der Waals surface area contributed by atoms with E-state index in [1.807, 2.05) is 0 Å². The highest BCUT2D eigenvalue weighted by Crippen LogP contribution is 2.16. The van der Waals surface area contributed by atoms with Gasteiger partial charge in [-0.15, -0.1) is 0 Å². The Morgan fingerprint density at radius 3 is 2.52 bits per heavy atom. The van der Waals surface area contributed by atoms with Crippen LogP contribution in [0.2, 0.25) is 0 Å². The highest BCUT2D eigenvalue weighted by Gasteiger charge is 2.41. The molecule has 1 aromatic rings. The minimum atomic E-state index is -0.901. The largest absolute Gasteiger partial charge is 0.334 e. The van der Waals surface area contributed by atoms with E-state index in [1.54, 1.807) is 0 Å². The SMILES string of the molecule is CN1C(=O)C(=O)N(Cc2ccc(F)c(C#CCN)c2)C1=O. The average Bonchev–Trinajstić information content (AvgIpc) is 2.65. The first-order valence-corrected chi connectivity index (χ1v) is 6.06. The molecule has 0 bridgehead atoms. The second kappa shape index (κ2) is 5.73. The summed E-state index contributed by atoms with van der Waals surface area (Å²) in [5, 5.41) is 0. The highest BCUT2D eigenvalue weighted by molar-refractivity contribution is 6.44. The molecule has 0 atom stereocenters. The minimum Gasteiger partial charge on any atom is -0.320 e. The normalized spacial score (nSPS) is 14.5. The fourth-order valence-electron chi connectivity index (χ4n) is 1.85. The Morgan fingerprint density at radius 2 is 1.95 bits per heavy atom. The monoisotopic (exact) mass is 289 g/mol. The minimum absolute atomic E-state index is 0.0893. The topological polar surface area (TPSA) is 83.7 Å². The van der Waals surface area contributed by atoms with Crippen molar-refractivity contribution in [1.29, 1.82) is 0 Å². The maximum absolute atomic E-state index is 13.5. The van der Waals surface area contributed by atoms with E-state index in [2.05, 4.69) is 11.8 Å². The van der Waals surface area contributed by atoms with Crippen LogP contribution in [0, 0.1) is 17.7 Å². The summed E-state index contributed by atoms with van der Waals surface area (Å²) in [5.41, 5.74) is 5.84. The molecule has 0 aromatic heterocycles. The number of hydrogen-bond donors (Lipinski definition) is 1. The fourth-order valence-corrected chi connectivity index (χ4v) is 1.85. The Balaban J connectivity index is 2.26. The Kier molecular flexibility index (Phi) is 4.00. The van der Waals surface area contributed by atoms with Gasteiger partial charge in [0, 0.05) is 7.05 Å². The van der Waals surface area contributed by atoms with E-state index in [9.17, 15) is 18.8 Å². The van der Waals surface area contributed by atoms with E-state index in [0.29, 0.717) is 5.56 Å². The first-order valence-electron chi connectivity index (χ1n) is 6.06. The van der Waals surface area contributed by atoms with Gasteiger partial charge in [-0.3, -0.25) is 19.4 Å². The van der Waals surface area contributed by atoms with Crippen molar-refractivity contribution in [3.63, 3.8) is 0 Å². The predicted octanol–water partition coefficient (Wildman–Crippen LogP) is 0.0565. The summed E-state index contributed by atoms with van der Waals surface area (Å²) >= 11 is 0. The Morgan fingerprint density at radius 1 is 1.24 bits per heavy atom. The number of likely N-dealkylation sites (N-methyl/N-ethyl adjacent to an activating group) is 1. The molecule has 0 radical (unpaired) electrons. The quantitative estimate of drug-likeness (QED) is 0.474. The molecule has 2 rings (SSSR count). The molecule has 0 spiro atoms. The number of imide groups is 2. The van der Waals surface area contributed by atoms with Gasteiger partial charge in [0.1, 0.15) is 5.82 Å². The van der Waals surface area contributed by atoms with E-state index in [0.717, 1.165) is 9.80 Å². The number of amides is 4. The fraction of sp³-hybridized carbons (Fsp3) is 0.214. The third-order valence-electron chi connectivity index (χ3n) is 2.95. The molecule has 1 saturated heterocycles. The van der Waals surface area contributed by atoms with Gasteiger partial charge in [-0.05, 0) is 17.7 Å². The number of hydrogen-bond acceptors (Lipinski definition) is 4. The molecule has 1 aromatic carbocycles. The van der Waals surface area contributed by atoms with Crippen molar-refractivity contribution < 1.29 is 18.8 Å². The number of benzene rings is 1. The van der Waals surface area contributed by atoms with Crippen LogP contribution < -0.4 is 5.73 Å². The van der Waals surface area contributed by atoms with Crippen LogP contribution in [0.3, 0.4) is 0 Å². The summed E-state index contributed by atoms with van der Waals surface area (Å²) in [6.07, 6.45) is 0. The first-order chi connectivity index (χ1) is 9.95. The molecule has 1 aliphatic rings. The van der Waals surface area contributed by atoms with Gasteiger partial charge in [0.15, 0.2) is 0 Å². The summed E-state index contributed by atoms with van der Waals surface area (Å²) < 4.78 is 13.5. The number of nitrogens with two attached hydrogens (primary N) is 1. The second-order valence-electron chi connectivity index (χ2n) is 4.36. The molecule has 4 amide bonds. The molecule has 1 heterocycles. The van der Waals surface area contributed by atoms with Gasteiger partial charge in [-0.1, -0.05) is 17.9 Å². The van der Waals surface area contributed by atoms with Crippen molar-refractivity contribution in [1.82, 2.24) is 9.80 Å². The number of nitrogens with zero attached hydrogens (tertiary/aromatic N) is 2. The van der Waals surface area contributed by atoms with Crippen molar-refractivity contribution in [3.8, 4) is 11.8 Å². The van der Waals surface area contributed by atoms with Gasteiger partial charge in [-0.2, -0.15) is 0 Å². The van der Waals surface area contributed by atoms with E-state index in [4.69, 9.17) is 5.73 Å². The van der Waals surface area contributed by atoms with Gasteiger partial charge < -0.3 is 5.73 Å². The molecule has 2 N–H and O–H groups in total. The lowest BCUT2D eigenvalue weighted by atomic mass is 10.1. The van der Waals surface area contributed by atoms with Crippen LogP contribution in [0.15, 0.2) is 18.2 Å². The first kappa shape index (κ1) is 14.7. The van der Waals surface area contributed by atoms with Crippen LogP contribution in [0.5, 0.6) is 0 Å². The van der Waals surface area contributed by atoms with Crippen molar-refractivity contribution in [2.45, 2.75) is 6.54 Å². The second-order valence-corrected chi connectivity index (χ2v) is 4.36. The summed E-state index contributed by atoms with van der Waals surface area (Å²) in [5.74, 6) is 2.78. The Hall–Kier alpha value is -2.72. The summed E-state index contributed by atoms with van der Waals surface area (Å²) in [6, 6.07) is 3.32. The molecule has 7 heteroatoms. The zero-order chi connectivity index (χ0) is 15.6. The summed E-state index contributed by atoms with van der Waals surface area (Å²) in [4.78, 5) is 36.3. The Bertz CT molecular complexity index is 690. The van der Waals surface area contributed by atoms with Crippen LogP contribution in [0.25, 0.3) is 0 Å². The number of carbonyl (C=O) groups excluding carboxylic acids is 3. The average molecular weight is 289 g/mol. The van der Waals surface area contributed by atoms with E-state index < -0.39 is 23.7 Å². The van der Waals surface area contributed by atoms with Crippen LogP contribution in [0.4, 0.5) is 9.18 Å². The standard InChI is InChI=1S/C14H12FN3O3/c1-17-12(19)13(20)18(14(17)21)8-9-4-5-11(15)10(7-9)3-2-6-16/h4-5,7H,6,8,16H2,1H3. The van der Waals surface area contributed by atoms with Gasteiger partial charge in [0.2, 0.25) is 0 Å². The molecule has 0 saturated carbocycles. The molecule has 6 nitrogen and oxygen atoms in total. The third-order valence-corrected chi connectivity index (χ3v) is 2.95. The van der Waals surface area contributed by atoms with E-state index in [1.165, 1.54) is 25.2 Å². The zero-order valence-electron chi connectivity index (χ0n) is 11.2. The smallest absolute Gasteiger partial charge is 0.320 e. The van der Waals surface area contributed by atoms with Gasteiger partial charge >= 0.3 is 17.8 Å². The molecule has 1 aliphatic heterocycles. The van der Waals surface area contributed by atoms with Crippen molar-refractivity contribution in [2.75, 3.05) is 13.6 Å². The number of carbonyl (C=O) groups is 3. The number of halogens is 1. The maximum atomic E-state index is 13.5. The van der Waals surface area contributed by atoms with Gasteiger partial charge in [0.05, 0.1) is 18.7 Å². The molecule has 0 unspecified atom stereocenters. The third kappa shape index (κ3) is 2.75. The van der Waals surface area contributed by atoms with Crippen LogP contribution in [-0.2, 0) is 16.1 Å². The lowest BCUT2D eigenvalue weighted by molar-refractivity contribution is -0.143. The lowest BCUT2D eigenvalue weighted by Crippen LogP contribution is -2.31. The van der Waals surface area contributed by atoms with Crippen LogP contribution in [0.1, 0.15) is 11.1 Å². The molecule has 21 heavy (non-hydrogen) atoms. The molecule has 1 fully saturated rings. The lowest BCUT2D eigenvalue weighted by Gasteiger charge is -2.13. The van der Waals surface area contributed by atoms with E-state index in [-0.39, 0.29) is 18.7 Å². The molecular weight excluding hydrogens is 277 g/mol. The van der Waals surface area contributed by atoms with Crippen molar-refractivity contribution in [3.05, 3.63) is 35.1 Å². The molecule has 0 aliphatic carbocycles. The summed E-state index contributed by atoms with van der Waals surface area (Å²) in [7, 11) is 1.23. The van der Waals surface area contributed by atoms with Crippen molar-refractivity contribution >= 4 is 17.8 Å². The van der Waals surface area contributed by atoms with Crippen LogP contribution >= 0.6 is 0 Å². The highest BCUT2D eigenvalue weighted by atomic mass is 19.1. The van der Waals surface area contributed by atoms with E-state index >= 15 is 0 Å². The van der Waals surface area contributed by atoms with Crippen molar-refractivity contribution in [2.24, 2.45) is 5.73 Å². The number of rotatable bonds is 2. The summed E-state index contributed by atoms with van der Waals surface area (Å²) in [6.45, 7) is -0.0304.